The zero-order valence-corrected chi connectivity index (χ0v) is 11.6. The fourth-order valence-electron chi connectivity index (χ4n) is 3.13. The molecular weight excluding hydrogens is 263 g/mol. The second-order valence-corrected chi connectivity index (χ2v) is 5.84. The van der Waals surface area contributed by atoms with Gasteiger partial charge in [0.05, 0.1) is 5.92 Å². The van der Waals surface area contributed by atoms with Crippen LogP contribution in [-0.2, 0) is 0 Å². The molecule has 0 radical (unpaired) electrons. The highest BCUT2D eigenvalue weighted by molar-refractivity contribution is 5.40. The quantitative estimate of drug-likeness (QED) is 0.749. The normalized spacial score (nSPS) is 18.9. The molecule has 1 aromatic rings. The first-order valence-electron chi connectivity index (χ1n) is 7.39. The third kappa shape index (κ3) is 4.15. The Bertz CT molecular complexity index is 405. The predicted molar refractivity (Wildman–Crippen MR) is 75.5 cm³/mol. The van der Waals surface area contributed by atoms with Gasteiger partial charge < -0.3 is 5.73 Å². The summed E-state index contributed by atoms with van der Waals surface area (Å²) in [4.78, 5) is 0. The number of rotatable bonds is 4. The van der Waals surface area contributed by atoms with E-state index in [0.29, 0.717) is 23.6 Å². The molecule has 0 aliphatic heterocycles. The third-order valence-corrected chi connectivity index (χ3v) is 4.32. The molecule has 1 aliphatic carbocycles. The maximum absolute atomic E-state index is 13.2. The van der Waals surface area contributed by atoms with Gasteiger partial charge in [0.15, 0.2) is 0 Å². The van der Waals surface area contributed by atoms with E-state index in [1.807, 2.05) is 0 Å². The average Bonchev–Trinajstić information content (AvgIpc) is 2.41. The molecule has 2 N–H and O–H groups in total. The summed E-state index contributed by atoms with van der Waals surface area (Å²) in [5.74, 6) is -0.882. The van der Waals surface area contributed by atoms with Gasteiger partial charge in [0.2, 0.25) is 0 Å². The van der Waals surface area contributed by atoms with Gasteiger partial charge in [-0.1, -0.05) is 44.2 Å². The molecule has 4 heteroatoms. The van der Waals surface area contributed by atoms with Crippen LogP contribution in [0.5, 0.6) is 0 Å². The van der Waals surface area contributed by atoms with E-state index in [-0.39, 0.29) is 6.42 Å². The standard InChI is InChI=1S/C16H22F3N/c17-16(18,19)15(13-7-9-14(20)10-8-13)11-6-12-4-2-1-3-5-12/h7-10,12,15H,1-6,11,20H2. The van der Waals surface area contributed by atoms with E-state index in [0.717, 1.165) is 12.8 Å². The first kappa shape index (κ1) is 15.2. The Morgan fingerprint density at radius 3 is 2.20 bits per heavy atom. The molecule has 1 aromatic carbocycles. The van der Waals surface area contributed by atoms with E-state index in [1.54, 1.807) is 12.1 Å². The molecule has 1 unspecified atom stereocenters. The number of alkyl halides is 3. The molecule has 1 saturated carbocycles. The van der Waals surface area contributed by atoms with Crippen molar-refractivity contribution in [2.45, 2.75) is 57.0 Å². The van der Waals surface area contributed by atoms with Crippen LogP contribution in [0.1, 0.15) is 56.4 Å². The molecule has 0 amide bonds. The summed E-state index contributed by atoms with van der Waals surface area (Å²) in [5, 5.41) is 0. The van der Waals surface area contributed by atoms with Gasteiger partial charge in [0.25, 0.3) is 0 Å². The summed E-state index contributed by atoms with van der Waals surface area (Å²) in [6.07, 6.45) is 2.44. The van der Waals surface area contributed by atoms with Gasteiger partial charge in [-0.3, -0.25) is 0 Å². The maximum atomic E-state index is 13.2. The Morgan fingerprint density at radius 1 is 1.05 bits per heavy atom. The Kier molecular flexibility index (Phi) is 4.95. The van der Waals surface area contributed by atoms with E-state index >= 15 is 0 Å². The van der Waals surface area contributed by atoms with Crippen LogP contribution >= 0.6 is 0 Å². The second kappa shape index (κ2) is 6.51. The Balaban J connectivity index is 2.02. The molecule has 20 heavy (non-hydrogen) atoms. The Hall–Kier alpha value is -1.19. The lowest BCUT2D eigenvalue weighted by Crippen LogP contribution is -2.22. The molecular formula is C16H22F3N. The second-order valence-electron chi connectivity index (χ2n) is 5.84. The van der Waals surface area contributed by atoms with Crippen molar-refractivity contribution in [3.05, 3.63) is 29.8 Å². The Labute approximate surface area is 118 Å². The van der Waals surface area contributed by atoms with Crippen LogP contribution in [0.2, 0.25) is 0 Å². The maximum Gasteiger partial charge on any atom is 0.395 e. The number of nitrogens with two attached hydrogens (primary N) is 1. The fraction of sp³-hybridized carbons (Fsp3) is 0.625. The van der Waals surface area contributed by atoms with Crippen molar-refractivity contribution in [1.29, 1.82) is 0 Å². The average molecular weight is 285 g/mol. The molecule has 1 aliphatic rings. The van der Waals surface area contributed by atoms with Gasteiger partial charge in [-0.15, -0.1) is 0 Å². The van der Waals surface area contributed by atoms with Gasteiger partial charge in [0.1, 0.15) is 0 Å². The minimum atomic E-state index is -4.18. The van der Waals surface area contributed by atoms with Gasteiger partial charge in [0, 0.05) is 5.69 Å². The van der Waals surface area contributed by atoms with Crippen LogP contribution in [0.15, 0.2) is 24.3 Å². The van der Waals surface area contributed by atoms with Gasteiger partial charge >= 0.3 is 6.18 Å². The van der Waals surface area contributed by atoms with E-state index in [1.165, 1.54) is 31.4 Å². The van der Waals surface area contributed by atoms with Crippen LogP contribution in [0.4, 0.5) is 18.9 Å². The third-order valence-electron chi connectivity index (χ3n) is 4.32. The van der Waals surface area contributed by atoms with Crippen LogP contribution in [0, 0.1) is 5.92 Å². The fourth-order valence-corrected chi connectivity index (χ4v) is 3.13. The van der Waals surface area contributed by atoms with Crippen molar-refractivity contribution in [3.63, 3.8) is 0 Å². The summed E-state index contributed by atoms with van der Waals surface area (Å²) >= 11 is 0. The highest BCUT2D eigenvalue weighted by Crippen LogP contribution is 2.40. The van der Waals surface area contributed by atoms with Crippen molar-refractivity contribution in [1.82, 2.24) is 0 Å². The molecule has 0 spiro atoms. The Morgan fingerprint density at radius 2 is 1.65 bits per heavy atom. The summed E-state index contributed by atoms with van der Waals surface area (Å²) < 4.78 is 39.7. The largest absolute Gasteiger partial charge is 0.399 e. The molecule has 1 nitrogen and oxygen atoms in total. The first-order valence-corrected chi connectivity index (χ1v) is 7.39. The zero-order valence-electron chi connectivity index (χ0n) is 11.6. The molecule has 1 atom stereocenters. The molecule has 0 saturated heterocycles. The van der Waals surface area contributed by atoms with E-state index in [9.17, 15) is 13.2 Å². The van der Waals surface area contributed by atoms with Crippen molar-refractivity contribution >= 4 is 5.69 Å². The van der Waals surface area contributed by atoms with E-state index < -0.39 is 12.1 Å². The number of hydrogen-bond donors (Lipinski definition) is 1. The lowest BCUT2D eigenvalue weighted by atomic mass is 9.82. The number of benzene rings is 1. The number of hydrogen-bond acceptors (Lipinski definition) is 1. The van der Waals surface area contributed by atoms with Crippen LogP contribution in [0.25, 0.3) is 0 Å². The minimum absolute atomic E-state index is 0.193. The molecule has 0 heterocycles. The first-order chi connectivity index (χ1) is 9.47. The van der Waals surface area contributed by atoms with Gasteiger partial charge in [-0.2, -0.15) is 13.2 Å². The number of halogens is 3. The van der Waals surface area contributed by atoms with Gasteiger partial charge in [-0.05, 0) is 36.5 Å². The number of anilines is 1. The van der Waals surface area contributed by atoms with Gasteiger partial charge in [-0.25, -0.2) is 0 Å². The lowest BCUT2D eigenvalue weighted by Gasteiger charge is -2.26. The summed E-state index contributed by atoms with van der Waals surface area (Å²) in [7, 11) is 0. The smallest absolute Gasteiger partial charge is 0.395 e. The number of nitrogen functional groups attached to an aromatic ring is 1. The van der Waals surface area contributed by atoms with Crippen molar-refractivity contribution in [3.8, 4) is 0 Å². The minimum Gasteiger partial charge on any atom is -0.399 e. The molecule has 2 rings (SSSR count). The van der Waals surface area contributed by atoms with Crippen LogP contribution in [0.3, 0.4) is 0 Å². The summed E-state index contributed by atoms with van der Waals surface area (Å²) in [6, 6.07) is 6.12. The zero-order chi connectivity index (χ0) is 14.6. The SMILES string of the molecule is Nc1ccc(C(CCC2CCCCC2)C(F)(F)F)cc1. The topological polar surface area (TPSA) is 26.0 Å². The predicted octanol–water partition coefficient (Wildman–Crippen LogP) is 5.28. The highest BCUT2D eigenvalue weighted by Gasteiger charge is 2.40. The molecule has 112 valence electrons. The van der Waals surface area contributed by atoms with Crippen LogP contribution < -0.4 is 5.73 Å². The van der Waals surface area contributed by atoms with Crippen molar-refractivity contribution in [2.24, 2.45) is 5.92 Å². The monoisotopic (exact) mass is 285 g/mol. The molecule has 1 fully saturated rings. The van der Waals surface area contributed by atoms with Crippen molar-refractivity contribution < 1.29 is 13.2 Å². The van der Waals surface area contributed by atoms with E-state index in [4.69, 9.17) is 5.73 Å². The highest BCUT2D eigenvalue weighted by atomic mass is 19.4. The summed E-state index contributed by atoms with van der Waals surface area (Å²) in [6.45, 7) is 0. The van der Waals surface area contributed by atoms with Crippen LogP contribution in [-0.4, -0.2) is 6.18 Å². The van der Waals surface area contributed by atoms with E-state index in [2.05, 4.69) is 0 Å². The molecule has 0 bridgehead atoms. The van der Waals surface area contributed by atoms with Crippen molar-refractivity contribution in [2.75, 3.05) is 5.73 Å². The lowest BCUT2D eigenvalue weighted by molar-refractivity contribution is -0.152. The molecule has 0 aromatic heterocycles. The summed E-state index contributed by atoms with van der Waals surface area (Å²) in [5.41, 5.74) is 6.38.